The largest absolute Gasteiger partial charge is 0.481 e. The van der Waals surface area contributed by atoms with Gasteiger partial charge in [0.05, 0.1) is 12.3 Å². The molecule has 0 fully saturated rings. The Labute approximate surface area is 161 Å². The first-order valence-corrected chi connectivity index (χ1v) is 9.18. The number of carbonyl (C=O) groups excluding carboxylic acids is 1. The van der Waals surface area contributed by atoms with Crippen molar-refractivity contribution in [3.8, 4) is 0 Å². The molecule has 0 saturated heterocycles. The summed E-state index contributed by atoms with van der Waals surface area (Å²) < 4.78 is 11.0. The van der Waals surface area contributed by atoms with Crippen molar-refractivity contribution >= 4 is 23.4 Å². The van der Waals surface area contributed by atoms with Crippen molar-refractivity contribution in [1.82, 2.24) is 0 Å². The number of anilines is 2. The molecule has 0 aliphatic heterocycles. The lowest BCUT2D eigenvalue weighted by Gasteiger charge is -2.21. The number of carboxylic acids is 1. The Bertz CT molecular complexity index is 623. The maximum absolute atomic E-state index is 12.1. The molecule has 0 aliphatic rings. The van der Waals surface area contributed by atoms with E-state index in [9.17, 15) is 9.59 Å². The van der Waals surface area contributed by atoms with Crippen molar-refractivity contribution in [2.24, 2.45) is 0 Å². The molecule has 0 saturated carbocycles. The van der Waals surface area contributed by atoms with Gasteiger partial charge in [-0.15, -0.1) is 0 Å². The van der Waals surface area contributed by atoms with E-state index in [-0.39, 0.29) is 6.42 Å². The van der Waals surface area contributed by atoms with Crippen LogP contribution < -0.4 is 10.2 Å². The maximum atomic E-state index is 12.1. The molecule has 0 atom stereocenters. The van der Waals surface area contributed by atoms with Gasteiger partial charge in [-0.1, -0.05) is 12.5 Å². The minimum absolute atomic E-state index is 0.190. The van der Waals surface area contributed by atoms with E-state index in [1.165, 1.54) is 0 Å². The predicted octanol–water partition coefficient (Wildman–Crippen LogP) is 4.26. The highest BCUT2D eigenvalue weighted by Gasteiger charge is 2.17. The molecule has 7 nitrogen and oxygen atoms in total. The lowest BCUT2D eigenvalue weighted by molar-refractivity contribution is -0.137. The summed E-state index contributed by atoms with van der Waals surface area (Å²) in [6.07, 6.45) is 1.96. The SMILES string of the molecule is CN(C)c1ccc(COCCCCCC(=O)O)c(NC(=O)OC(C)(C)C)c1. The van der Waals surface area contributed by atoms with Gasteiger partial charge in [0.15, 0.2) is 0 Å². The molecular weight excluding hydrogens is 348 g/mol. The lowest BCUT2D eigenvalue weighted by atomic mass is 10.1. The van der Waals surface area contributed by atoms with E-state index < -0.39 is 17.7 Å². The zero-order valence-electron chi connectivity index (χ0n) is 17.0. The van der Waals surface area contributed by atoms with E-state index in [4.69, 9.17) is 14.6 Å². The smallest absolute Gasteiger partial charge is 0.412 e. The summed E-state index contributed by atoms with van der Waals surface area (Å²) in [7, 11) is 3.86. The van der Waals surface area contributed by atoms with Crippen LogP contribution in [0, 0.1) is 0 Å². The molecule has 0 unspecified atom stereocenters. The summed E-state index contributed by atoms with van der Waals surface area (Å²) in [4.78, 5) is 24.6. The number of unbranched alkanes of at least 4 members (excludes halogenated alkanes) is 2. The van der Waals surface area contributed by atoms with E-state index in [1.807, 2.05) is 58.0 Å². The van der Waals surface area contributed by atoms with E-state index in [1.54, 1.807) is 0 Å². The number of benzene rings is 1. The van der Waals surface area contributed by atoms with Crippen molar-refractivity contribution in [3.05, 3.63) is 23.8 Å². The molecule has 152 valence electrons. The zero-order valence-corrected chi connectivity index (χ0v) is 17.0. The first-order chi connectivity index (χ1) is 12.6. The average Bonchev–Trinajstić information content (AvgIpc) is 2.52. The normalized spacial score (nSPS) is 11.1. The van der Waals surface area contributed by atoms with Crippen LogP contribution in [0.1, 0.15) is 52.0 Å². The third-order valence-electron chi connectivity index (χ3n) is 3.68. The Hall–Kier alpha value is -2.28. The summed E-state index contributed by atoms with van der Waals surface area (Å²) in [6.45, 7) is 6.35. The van der Waals surface area contributed by atoms with E-state index in [0.29, 0.717) is 25.3 Å². The lowest BCUT2D eigenvalue weighted by Crippen LogP contribution is -2.27. The first kappa shape index (κ1) is 22.8. The molecule has 27 heavy (non-hydrogen) atoms. The van der Waals surface area contributed by atoms with E-state index in [0.717, 1.165) is 24.1 Å². The van der Waals surface area contributed by atoms with Crippen molar-refractivity contribution in [1.29, 1.82) is 0 Å². The summed E-state index contributed by atoms with van der Waals surface area (Å²) in [5, 5.41) is 11.4. The number of carbonyl (C=O) groups is 2. The monoisotopic (exact) mass is 380 g/mol. The van der Waals surface area contributed by atoms with Crippen LogP contribution in [0.15, 0.2) is 18.2 Å². The summed E-state index contributed by atoms with van der Waals surface area (Å²) in [5.74, 6) is -0.769. The van der Waals surface area contributed by atoms with Crippen LogP contribution >= 0.6 is 0 Å². The molecule has 1 aromatic rings. The van der Waals surface area contributed by atoms with Gasteiger partial charge < -0.3 is 19.5 Å². The van der Waals surface area contributed by atoms with Crippen molar-refractivity contribution < 1.29 is 24.2 Å². The molecule has 7 heteroatoms. The highest BCUT2D eigenvalue weighted by Crippen LogP contribution is 2.24. The maximum Gasteiger partial charge on any atom is 0.412 e. The second-order valence-electron chi connectivity index (χ2n) is 7.62. The van der Waals surface area contributed by atoms with Gasteiger partial charge in [-0.2, -0.15) is 0 Å². The molecule has 1 amide bonds. The highest BCUT2D eigenvalue weighted by molar-refractivity contribution is 5.87. The molecule has 0 heterocycles. The van der Waals surface area contributed by atoms with Gasteiger partial charge in [0, 0.05) is 38.4 Å². The van der Waals surface area contributed by atoms with Crippen LogP contribution in [0.5, 0.6) is 0 Å². The molecule has 1 aromatic carbocycles. The van der Waals surface area contributed by atoms with Crippen molar-refractivity contribution in [2.75, 3.05) is 30.9 Å². The predicted molar refractivity (Wildman–Crippen MR) is 106 cm³/mol. The molecule has 0 aliphatic carbocycles. The minimum atomic E-state index is -0.769. The quantitative estimate of drug-likeness (QED) is 0.590. The second kappa shape index (κ2) is 10.8. The molecule has 1 rings (SSSR count). The number of hydrogen-bond donors (Lipinski definition) is 2. The number of amides is 1. The third kappa shape index (κ3) is 9.84. The van der Waals surface area contributed by atoms with Crippen LogP contribution in [-0.2, 0) is 20.9 Å². The van der Waals surface area contributed by atoms with Gasteiger partial charge in [-0.3, -0.25) is 10.1 Å². The molecule has 0 aromatic heterocycles. The van der Waals surface area contributed by atoms with Gasteiger partial charge in [0.1, 0.15) is 5.60 Å². The highest BCUT2D eigenvalue weighted by atomic mass is 16.6. The molecular formula is C20H32N2O5. The number of ether oxygens (including phenoxy) is 2. The Kier molecular flexibility index (Phi) is 9.08. The van der Waals surface area contributed by atoms with Gasteiger partial charge in [-0.05, 0) is 45.7 Å². The van der Waals surface area contributed by atoms with Crippen LogP contribution in [-0.4, -0.2) is 43.5 Å². The second-order valence-corrected chi connectivity index (χ2v) is 7.62. The van der Waals surface area contributed by atoms with Gasteiger partial charge in [0.2, 0.25) is 0 Å². The summed E-state index contributed by atoms with van der Waals surface area (Å²) >= 11 is 0. The van der Waals surface area contributed by atoms with Crippen LogP contribution in [0.3, 0.4) is 0 Å². The summed E-state index contributed by atoms with van der Waals surface area (Å²) in [5.41, 5.74) is 1.90. The number of carboxylic acid groups (broad SMARTS) is 1. The van der Waals surface area contributed by atoms with E-state index in [2.05, 4.69) is 5.32 Å². The Morgan fingerprint density at radius 1 is 1.15 bits per heavy atom. The molecule has 0 radical (unpaired) electrons. The van der Waals surface area contributed by atoms with Gasteiger partial charge in [0.25, 0.3) is 0 Å². The number of aliphatic carboxylic acids is 1. The minimum Gasteiger partial charge on any atom is -0.481 e. The van der Waals surface area contributed by atoms with Crippen LogP contribution in [0.4, 0.5) is 16.2 Å². The standard InChI is InChI=1S/C20H32N2O5/c1-20(2,3)27-19(25)21-17-13-16(22(4)5)11-10-15(17)14-26-12-8-6-7-9-18(23)24/h10-11,13H,6-9,12,14H2,1-5H3,(H,21,25)(H,23,24). The molecule has 0 bridgehead atoms. The first-order valence-electron chi connectivity index (χ1n) is 9.18. The fourth-order valence-electron chi connectivity index (χ4n) is 2.34. The number of nitrogens with zero attached hydrogens (tertiary/aromatic N) is 1. The number of rotatable bonds is 10. The molecule has 0 spiro atoms. The average molecular weight is 380 g/mol. The molecule has 2 N–H and O–H groups in total. The topological polar surface area (TPSA) is 88.1 Å². The summed E-state index contributed by atoms with van der Waals surface area (Å²) in [6, 6.07) is 5.77. The third-order valence-corrected chi connectivity index (χ3v) is 3.68. The van der Waals surface area contributed by atoms with Crippen LogP contribution in [0.25, 0.3) is 0 Å². The Morgan fingerprint density at radius 3 is 2.44 bits per heavy atom. The fourth-order valence-corrected chi connectivity index (χ4v) is 2.34. The zero-order chi connectivity index (χ0) is 20.4. The van der Waals surface area contributed by atoms with E-state index >= 15 is 0 Å². The van der Waals surface area contributed by atoms with Crippen molar-refractivity contribution in [2.45, 2.75) is 58.7 Å². The van der Waals surface area contributed by atoms with Crippen LogP contribution in [0.2, 0.25) is 0 Å². The Balaban J connectivity index is 2.64. The number of hydrogen-bond acceptors (Lipinski definition) is 5. The van der Waals surface area contributed by atoms with Crippen molar-refractivity contribution in [3.63, 3.8) is 0 Å². The number of nitrogens with one attached hydrogen (secondary N) is 1. The van der Waals surface area contributed by atoms with Gasteiger partial charge >= 0.3 is 12.1 Å². The Morgan fingerprint density at radius 2 is 1.85 bits per heavy atom. The van der Waals surface area contributed by atoms with Gasteiger partial charge in [-0.25, -0.2) is 4.79 Å². The fraction of sp³-hybridized carbons (Fsp3) is 0.600.